The van der Waals surface area contributed by atoms with E-state index in [0.717, 1.165) is 44.7 Å². The molecule has 2 aromatic carbocycles. The molecular weight excluding hydrogens is 353 g/mol. The topological polar surface area (TPSA) is 26.8 Å². The molecule has 0 aliphatic carbocycles. The fourth-order valence-electron chi connectivity index (χ4n) is 3.63. The van der Waals surface area contributed by atoms with Crippen molar-refractivity contribution in [3.05, 3.63) is 71.0 Å². The van der Waals surface area contributed by atoms with Gasteiger partial charge in [-0.1, -0.05) is 36.4 Å². The molecule has 0 aromatic heterocycles. The summed E-state index contributed by atoms with van der Waals surface area (Å²) in [5.41, 5.74) is 3.66. The molecule has 1 saturated heterocycles. The summed E-state index contributed by atoms with van der Waals surface area (Å²) in [6.07, 6.45) is 1.07. The van der Waals surface area contributed by atoms with Crippen LogP contribution in [0, 0.1) is 12.7 Å². The summed E-state index contributed by atoms with van der Waals surface area (Å²) >= 11 is 0. The van der Waals surface area contributed by atoms with Gasteiger partial charge in [-0.25, -0.2) is 4.39 Å². The van der Waals surface area contributed by atoms with Crippen LogP contribution in [0.1, 0.15) is 23.1 Å². The molecule has 3 rings (SSSR count). The third kappa shape index (κ3) is 5.88. The number of halogens is 1. The smallest absolute Gasteiger partial charge is 0.236 e. The Bertz CT molecular complexity index is 778. The Balaban J connectivity index is 1.47. The van der Waals surface area contributed by atoms with E-state index in [1.807, 2.05) is 7.05 Å². The Morgan fingerprint density at radius 1 is 1.00 bits per heavy atom. The van der Waals surface area contributed by atoms with Crippen molar-refractivity contribution >= 4 is 5.91 Å². The van der Waals surface area contributed by atoms with Crippen LogP contribution in [0.15, 0.2) is 48.5 Å². The van der Waals surface area contributed by atoms with Gasteiger partial charge in [0.1, 0.15) is 5.82 Å². The zero-order valence-electron chi connectivity index (χ0n) is 16.9. The first-order valence-electron chi connectivity index (χ1n) is 9.99. The molecule has 1 aliphatic rings. The van der Waals surface area contributed by atoms with Gasteiger partial charge >= 0.3 is 0 Å². The molecule has 0 unspecified atom stereocenters. The van der Waals surface area contributed by atoms with Crippen molar-refractivity contribution < 1.29 is 9.18 Å². The van der Waals surface area contributed by atoms with Gasteiger partial charge in [-0.05, 0) is 55.3 Å². The number of benzene rings is 2. The van der Waals surface area contributed by atoms with Gasteiger partial charge in [0.05, 0.1) is 6.54 Å². The molecule has 1 amide bonds. The molecule has 0 bridgehead atoms. The minimum atomic E-state index is -0.252. The number of carbonyl (C=O) groups excluding carboxylic acids is 1. The molecule has 2 aromatic rings. The minimum absolute atomic E-state index is 0.108. The third-order valence-electron chi connectivity index (χ3n) is 5.45. The van der Waals surface area contributed by atoms with Gasteiger partial charge in [-0.3, -0.25) is 14.6 Å². The maximum Gasteiger partial charge on any atom is 0.236 e. The Morgan fingerprint density at radius 2 is 1.68 bits per heavy atom. The zero-order chi connectivity index (χ0) is 19.9. The van der Waals surface area contributed by atoms with Crippen molar-refractivity contribution in [1.29, 1.82) is 0 Å². The van der Waals surface area contributed by atoms with Crippen molar-refractivity contribution in [2.45, 2.75) is 26.4 Å². The summed E-state index contributed by atoms with van der Waals surface area (Å²) in [5, 5.41) is 0. The summed E-state index contributed by atoms with van der Waals surface area (Å²) in [7, 11) is 1.81. The Kier molecular flexibility index (Phi) is 7.18. The molecule has 0 atom stereocenters. The molecule has 0 N–H and O–H groups in total. The standard InChI is InChI=1S/C23H30FN3O/c1-19-6-3-4-7-21(19)17-26-12-5-13-27(15-14-26)18-23(28)25(2)16-20-8-10-22(24)11-9-20/h3-4,6-11H,5,12-18H2,1-2H3. The number of likely N-dealkylation sites (N-methyl/N-ethyl adjacent to an activating group) is 1. The first kappa shape index (κ1) is 20.5. The van der Waals surface area contributed by atoms with Crippen LogP contribution in [0.5, 0.6) is 0 Å². The lowest BCUT2D eigenvalue weighted by molar-refractivity contribution is -0.131. The van der Waals surface area contributed by atoms with Gasteiger partial charge in [0, 0.05) is 33.2 Å². The van der Waals surface area contributed by atoms with E-state index in [-0.39, 0.29) is 11.7 Å². The molecule has 1 fully saturated rings. The molecule has 5 heteroatoms. The first-order chi connectivity index (χ1) is 13.5. The molecule has 0 saturated carbocycles. The van der Waals surface area contributed by atoms with Gasteiger partial charge in [-0.2, -0.15) is 0 Å². The molecule has 0 radical (unpaired) electrons. The fourth-order valence-corrected chi connectivity index (χ4v) is 3.63. The van der Waals surface area contributed by atoms with Crippen LogP contribution in [0.4, 0.5) is 4.39 Å². The fraction of sp³-hybridized carbons (Fsp3) is 0.435. The number of aryl methyl sites for hydroxylation is 1. The lowest BCUT2D eigenvalue weighted by Crippen LogP contribution is -2.39. The van der Waals surface area contributed by atoms with E-state index in [1.54, 1.807) is 17.0 Å². The number of amides is 1. The quantitative estimate of drug-likeness (QED) is 0.766. The summed E-state index contributed by atoms with van der Waals surface area (Å²) in [6, 6.07) is 14.9. The average molecular weight is 384 g/mol. The van der Waals surface area contributed by atoms with Gasteiger partial charge in [0.15, 0.2) is 0 Å². The molecule has 1 aliphatic heterocycles. The van der Waals surface area contributed by atoms with Crippen LogP contribution < -0.4 is 0 Å². The van der Waals surface area contributed by atoms with Crippen molar-refractivity contribution in [2.75, 3.05) is 39.8 Å². The minimum Gasteiger partial charge on any atom is -0.340 e. The van der Waals surface area contributed by atoms with Crippen LogP contribution in [-0.4, -0.2) is 60.4 Å². The SMILES string of the molecule is Cc1ccccc1CN1CCCN(CC(=O)N(C)Cc2ccc(F)cc2)CC1. The van der Waals surface area contributed by atoms with Crippen LogP contribution in [0.25, 0.3) is 0 Å². The summed E-state index contributed by atoms with van der Waals surface area (Å²) in [5.74, 6) is -0.144. The van der Waals surface area contributed by atoms with Gasteiger partial charge in [-0.15, -0.1) is 0 Å². The van der Waals surface area contributed by atoms with Crippen molar-refractivity contribution in [3.63, 3.8) is 0 Å². The Morgan fingerprint density at radius 3 is 2.43 bits per heavy atom. The lowest BCUT2D eigenvalue weighted by Gasteiger charge is -2.24. The number of carbonyl (C=O) groups is 1. The molecule has 28 heavy (non-hydrogen) atoms. The van der Waals surface area contributed by atoms with Crippen LogP contribution >= 0.6 is 0 Å². The Hall–Kier alpha value is -2.24. The van der Waals surface area contributed by atoms with Crippen molar-refractivity contribution in [3.8, 4) is 0 Å². The number of rotatable bonds is 6. The van der Waals surface area contributed by atoms with Gasteiger partial charge in [0.25, 0.3) is 0 Å². The second kappa shape index (κ2) is 9.80. The molecule has 150 valence electrons. The molecule has 0 spiro atoms. The average Bonchev–Trinajstić information content (AvgIpc) is 2.90. The van der Waals surface area contributed by atoms with Crippen molar-refractivity contribution in [2.24, 2.45) is 0 Å². The van der Waals surface area contributed by atoms with E-state index >= 15 is 0 Å². The van der Waals surface area contributed by atoms with E-state index in [2.05, 4.69) is 41.0 Å². The summed E-state index contributed by atoms with van der Waals surface area (Å²) in [6.45, 7) is 7.96. The molecular formula is C23H30FN3O. The highest BCUT2D eigenvalue weighted by atomic mass is 19.1. The van der Waals surface area contributed by atoms with E-state index < -0.39 is 0 Å². The zero-order valence-corrected chi connectivity index (χ0v) is 16.9. The van der Waals surface area contributed by atoms with E-state index in [4.69, 9.17) is 0 Å². The van der Waals surface area contributed by atoms with Crippen molar-refractivity contribution in [1.82, 2.24) is 14.7 Å². The van der Waals surface area contributed by atoms with Gasteiger partial charge in [0.2, 0.25) is 5.91 Å². The number of hydrogen-bond donors (Lipinski definition) is 0. The Labute approximate surface area is 167 Å². The predicted octanol–water partition coefficient (Wildman–Crippen LogP) is 3.30. The van der Waals surface area contributed by atoms with Gasteiger partial charge < -0.3 is 4.90 Å². The molecule has 1 heterocycles. The maximum atomic E-state index is 13.0. The number of hydrogen-bond acceptors (Lipinski definition) is 3. The van der Waals surface area contributed by atoms with Crippen LogP contribution in [-0.2, 0) is 17.9 Å². The third-order valence-corrected chi connectivity index (χ3v) is 5.45. The largest absolute Gasteiger partial charge is 0.340 e. The predicted molar refractivity (Wildman–Crippen MR) is 110 cm³/mol. The molecule has 4 nitrogen and oxygen atoms in total. The second-order valence-corrected chi connectivity index (χ2v) is 7.71. The van der Waals surface area contributed by atoms with Crippen LogP contribution in [0.2, 0.25) is 0 Å². The maximum absolute atomic E-state index is 13.0. The monoisotopic (exact) mass is 383 g/mol. The highest BCUT2D eigenvalue weighted by Crippen LogP contribution is 2.13. The number of nitrogens with zero attached hydrogens (tertiary/aromatic N) is 3. The van der Waals surface area contributed by atoms with E-state index in [1.165, 1.54) is 23.3 Å². The highest BCUT2D eigenvalue weighted by molar-refractivity contribution is 5.78. The second-order valence-electron chi connectivity index (χ2n) is 7.71. The first-order valence-corrected chi connectivity index (χ1v) is 9.99. The summed E-state index contributed by atoms with van der Waals surface area (Å²) in [4.78, 5) is 19.1. The van der Waals surface area contributed by atoms with E-state index in [9.17, 15) is 9.18 Å². The highest BCUT2D eigenvalue weighted by Gasteiger charge is 2.19. The lowest BCUT2D eigenvalue weighted by atomic mass is 10.1. The summed E-state index contributed by atoms with van der Waals surface area (Å²) < 4.78 is 13.0. The van der Waals surface area contributed by atoms with E-state index in [0.29, 0.717) is 13.1 Å². The normalized spacial score (nSPS) is 16.0. The van der Waals surface area contributed by atoms with Crippen LogP contribution in [0.3, 0.4) is 0 Å².